The number of guanidine groups is 1. The first-order valence-corrected chi connectivity index (χ1v) is 9.11. The van der Waals surface area contributed by atoms with Crippen LogP contribution in [0.1, 0.15) is 31.7 Å². The summed E-state index contributed by atoms with van der Waals surface area (Å²) < 4.78 is 7.78. The van der Waals surface area contributed by atoms with Gasteiger partial charge in [-0.1, -0.05) is 12.1 Å². The van der Waals surface area contributed by atoms with Gasteiger partial charge in [-0.25, -0.2) is 9.67 Å². The third kappa shape index (κ3) is 4.37. The van der Waals surface area contributed by atoms with Gasteiger partial charge >= 0.3 is 0 Å². The first-order chi connectivity index (χ1) is 12.3. The number of benzene rings is 1. The fraction of sp³-hybridized carbons (Fsp3) is 0.474. The van der Waals surface area contributed by atoms with Gasteiger partial charge in [-0.05, 0) is 49.9 Å². The van der Waals surface area contributed by atoms with Gasteiger partial charge in [0.25, 0.3) is 0 Å². The Morgan fingerprint density at radius 3 is 2.77 bits per heavy atom. The molecule has 3 atom stereocenters. The number of halogens is 1. The maximum absolute atomic E-state index is 5.92. The number of hydrogen-bond donors (Lipinski definition) is 2. The molecule has 6 nitrogen and oxygen atoms in total. The molecule has 0 aliphatic carbocycles. The summed E-state index contributed by atoms with van der Waals surface area (Å²) in [6.45, 7) is 3.59. The Labute approximate surface area is 171 Å². The van der Waals surface area contributed by atoms with Gasteiger partial charge in [0.2, 0.25) is 0 Å². The van der Waals surface area contributed by atoms with Crippen LogP contribution in [-0.4, -0.2) is 40.5 Å². The van der Waals surface area contributed by atoms with Gasteiger partial charge in [0.1, 0.15) is 0 Å². The van der Waals surface area contributed by atoms with Crippen LogP contribution >= 0.6 is 24.0 Å². The van der Waals surface area contributed by atoms with Gasteiger partial charge in [0, 0.05) is 18.9 Å². The molecule has 2 fully saturated rings. The van der Waals surface area contributed by atoms with Crippen LogP contribution < -0.4 is 10.6 Å². The van der Waals surface area contributed by atoms with Gasteiger partial charge in [-0.2, -0.15) is 5.10 Å². The van der Waals surface area contributed by atoms with E-state index in [2.05, 4.69) is 46.9 Å². The molecule has 2 aliphatic heterocycles. The fourth-order valence-electron chi connectivity index (χ4n) is 3.63. The highest BCUT2D eigenvalue weighted by Crippen LogP contribution is 2.34. The number of aromatic nitrogens is 2. The largest absolute Gasteiger partial charge is 0.373 e. The molecule has 140 valence electrons. The lowest BCUT2D eigenvalue weighted by atomic mass is 9.96. The average molecular weight is 467 g/mol. The fourth-order valence-corrected chi connectivity index (χ4v) is 3.63. The Kier molecular flexibility index (Phi) is 6.53. The molecule has 4 rings (SSSR count). The van der Waals surface area contributed by atoms with Crippen LogP contribution in [0, 0.1) is 0 Å². The SMILES string of the molecule is CCNC(=NCc1ccc(-n2cccn2)cc1)NC1CC2CCC1O2.I. The van der Waals surface area contributed by atoms with Crippen LogP contribution in [0.2, 0.25) is 0 Å². The molecule has 1 aromatic heterocycles. The Morgan fingerprint density at radius 1 is 1.31 bits per heavy atom. The summed E-state index contributed by atoms with van der Waals surface area (Å²) in [5, 5.41) is 11.1. The Bertz CT molecular complexity index is 716. The quantitative estimate of drug-likeness (QED) is 0.404. The van der Waals surface area contributed by atoms with E-state index in [1.807, 2.05) is 16.9 Å². The molecule has 3 unspecified atom stereocenters. The standard InChI is InChI=1S/C19H25N5O.HI/c1-2-20-19(23-17-12-16-8-9-18(17)25-16)21-13-14-4-6-15(7-5-14)24-11-3-10-22-24;/h3-7,10-11,16-18H,2,8-9,12-13H2,1H3,(H2,20,21,23);1H. The smallest absolute Gasteiger partial charge is 0.191 e. The molecule has 7 heteroatoms. The second kappa shape index (κ2) is 8.85. The highest BCUT2D eigenvalue weighted by Gasteiger charge is 2.41. The zero-order valence-corrected chi connectivity index (χ0v) is 17.3. The predicted octanol–water partition coefficient (Wildman–Crippen LogP) is 2.87. The van der Waals surface area contributed by atoms with Crippen LogP contribution in [-0.2, 0) is 11.3 Å². The Hall–Kier alpha value is -1.61. The summed E-state index contributed by atoms with van der Waals surface area (Å²) in [5.74, 6) is 0.875. The molecule has 3 heterocycles. The number of nitrogens with one attached hydrogen (secondary N) is 2. The predicted molar refractivity (Wildman–Crippen MR) is 113 cm³/mol. The minimum atomic E-state index is 0. The van der Waals surface area contributed by atoms with E-state index in [-0.39, 0.29) is 24.0 Å². The van der Waals surface area contributed by atoms with E-state index >= 15 is 0 Å². The minimum Gasteiger partial charge on any atom is -0.373 e. The van der Waals surface area contributed by atoms with Crippen LogP contribution in [0.5, 0.6) is 0 Å². The van der Waals surface area contributed by atoms with Crippen LogP contribution in [0.4, 0.5) is 0 Å². The molecule has 0 saturated carbocycles. The molecular weight excluding hydrogens is 441 g/mol. The van der Waals surface area contributed by atoms with Crippen molar-refractivity contribution in [1.29, 1.82) is 0 Å². The Morgan fingerprint density at radius 2 is 2.15 bits per heavy atom. The van der Waals surface area contributed by atoms with Crippen molar-refractivity contribution in [3.05, 3.63) is 48.3 Å². The van der Waals surface area contributed by atoms with Gasteiger partial charge < -0.3 is 15.4 Å². The molecular formula is C19H26IN5O. The number of nitrogens with zero attached hydrogens (tertiary/aromatic N) is 3. The first kappa shape index (κ1) is 19.2. The molecule has 26 heavy (non-hydrogen) atoms. The third-order valence-electron chi connectivity index (χ3n) is 4.90. The zero-order chi connectivity index (χ0) is 17.1. The normalized spacial score (nSPS) is 24.3. The third-order valence-corrected chi connectivity index (χ3v) is 4.90. The van der Waals surface area contributed by atoms with E-state index in [1.165, 1.54) is 12.0 Å². The second-order valence-corrected chi connectivity index (χ2v) is 6.67. The monoisotopic (exact) mass is 467 g/mol. The summed E-state index contributed by atoms with van der Waals surface area (Å²) in [6.07, 6.45) is 7.98. The molecule has 0 radical (unpaired) electrons. The van der Waals surface area contributed by atoms with Crippen LogP contribution in [0.25, 0.3) is 5.69 Å². The van der Waals surface area contributed by atoms with Crippen molar-refractivity contribution in [3.8, 4) is 5.69 Å². The highest BCUT2D eigenvalue weighted by molar-refractivity contribution is 14.0. The summed E-state index contributed by atoms with van der Waals surface area (Å²) >= 11 is 0. The summed E-state index contributed by atoms with van der Waals surface area (Å²) in [4.78, 5) is 4.74. The molecule has 0 spiro atoms. The van der Waals surface area contributed by atoms with Crippen LogP contribution in [0.3, 0.4) is 0 Å². The topological polar surface area (TPSA) is 63.5 Å². The van der Waals surface area contributed by atoms with E-state index in [0.717, 1.165) is 31.0 Å². The summed E-state index contributed by atoms with van der Waals surface area (Å²) in [6, 6.07) is 10.7. The molecule has 2 bridgehead atoms. The van der Waals surface area contributed by atoms with Gasteiger partial charge in [-0.15, -0.1) is 24.0 Å². The maximum atomic E-state index is 5.92. The average Bonchev–Trinajstić information content (AvgIpc) is 3.38. The summed E-state index contributed by atoms with van der Waals surface area (Å²) in [5.41, 5.74) is 2.24. The second-order valence-electron chi connectivity index (χ2n) is 6.67. The lowest BCUT2D eigenvalue weighted by molar-refractivity contribution is 0.0992. The van der Waals surface area contributed by atoms with Crippen LogP contribution in [0.15, 0.2) is 47.7 Å². The molecule has 2 aromatic rings. The molecule has 2 saturated heterocycles. The summed E-state index contributed by atoms with van der Waals surface area (Å²) in [7, 11) is 0. The lowest BCUT2D eigenvalue weighted by Gasteiger charge is -2.22. The van der Waals surface area contributed by atoms with E-state index in [0.29, 0.717) is 24.8 Å². The van der Waals surface area contributed by atoms with Crippen molar-refractivity contribution in [3.63, 3.8) is 0 Å². The van der Waals surface area contributed by atoms with Gasteiger partial charge in [0.15, 0.2) is 5.96 Å². The van der Waals surface area contributed by atoms with Crippen molar-refractivity contribution < 1.29 is 4.74 Å². The molecule has 0 amide bonds. The molecule has 2 aliphatic rings. The Balaban J connectivity index is 0.00000196. The minimum absolute atomic E-state index is 0. The van der Waals surface area contributed by atoms with Crippen molar-refractivity contribution in [1.82, 2.24) is 20.4 Å². The van der Waals surface area contributed by atoms with Gasteiger partial charge in [0.05, 0.1) is 30.5 Å². The zero-order valence-electron chi connectivity index (χ0n) is 15.0. The number of ether oxygens (including phenoxy) is 1. The lowest BCUT2D eigenvalue weighted by Crippen LogP contribution is -2.47. The highest BCUT2D eigenvalue weighted by atomic mass is 127. The molecule has 1 aromatic carbocycles. The maximum Gasteiger partial charge on any atom is 0.191 e. The van der Waals surface area contributed by atoms with Crippen molar-refractivity contribution in [2.75, 3.05) is 6.54 Å². The number of aliphatic imine (C=N–C) groups is 1. The van der Waals surface area contributed by atoms with E-state index in [9.17, 15) is 0 Å². The number of hydrogen-bond acceptors (Lipinski definition) is 3. The van der Waals surface area contributed by atoms with Crippen molar-refractivity contribution in [2.24, 2.45) is 4.99 Å². The molecule has 2 N–H and O–H groups in total. The van der Waals surface area contributed by atoms with E-state index < -0.39 is 0 Å². The van der Waals surface area contributed by atoms with Crippen molar-refractivity contribution >= 4 is 29.9 Å². The van der Waals surface area contributed by atoms with Crippen molar-refractivity contribution in [2.45, 2.75) is 51.0 Å². The first-order valence-electron chi connectivity index (χ1n) is 9.11. The van der Waals surface area contributed by atoms with E-state index in [1.54, 1.807) is 6.20 Å². The number of fused-ring (bicyclic) bond motifs is 2. The van der Waals surface area contributed by atoms with E-state index in [4.69, 9.17) is 9.73 Å². The van der Waals surface area contributed by atoms with Gasteiger partial charge in [-0.3, -0.25) is 0 Å². The number of rotatable bonds is 5.